The number of rotatable bonds is 3. The molecular formula is C10H12N4. The Morgan fingerprint density at radius 3 is 2.71 bits per heavy atom. The van der Waals surface area contributed by atoms with Gasteiger partial charge in [0.15, 0.2) is 0 Å². The SMILES string of the molecule is NCCc1cncn1-c1ccncc1. The van der Waals surface area contributed by atoms with Crippen LogP contribution in [0.3, 0.4) is 0 Å². The van der Waals surface area contributed by atoms with Crippen LogP contribution in [0.2, 0.25) is 0 Å². The van der Waals surface area contributed by atoms with Crippen molar-refractivity contribution < 1.29 is 0 Å². The fraction of sp³-hybridized carbons (Fsp3) is 0.200. The van der Waals surface area contributed by atoms with Gasteiger partial charge in [0, 0.05) is 36.4 Å². The van der Waals surface area contributed by atoms with Crippen LogP contribution in [-0.2, 0) is 6.42 Å². The minimum Gasteiger partial charge on any atom is -0.330 e. The largest absolute Gasteiger partial charge is 0.330 e. The quantitative estimate of drug-likeness (QED) is 0.774. The summed E-state index contributed by atoms with van der Waals surface area (Å²) in [6.45, 7) is 0.636. The lowest BCUT2D eigenvalue weighted by Crippen LogP contribution is -2.07. The molecule has 0 aliphatic heterocycles. The molecule has 0 saturated carbocycles. The van der Waals surface area contributed by atoms with Crippen LogP contribution in [0.4, 0.5) is 0 Å². The van der Waals surface area contributed by atoms with Crippen LogP contribution in [0.25, 0.3) is 5.69 Å². The van der Waals surface area contributed by atoms with Crippen molar-refractivity contribution in [2.24, 2.45) is 5.73 Å². The summed E-state index contributed by atoms with van der Waals surface area (Å²) in [5, 5.41) is 0. The predicted octanol–water partition coefficient (Wildman–Crippen LogP) is 0.768. The van der Waals surface area contributed by atoms with Gasteiger partial charge in [-0.25, -0.2) is 4.98 Å². The second-order valence-electron chi connectivity index (χ2n) is 3.00. The fourth-order valence-corrected chi connectivity index (χ4v) is 1.39. The standard InChI is InChI=1S/C10H12N4/c11-4-1-10-7-13-8-14(10)9-2-5-12-6-3-9/h2-3,5-8H,1,4,11H2. The first-order valence-corrected chi connectivity index (χ1v) is 4.53. The molecule has 14 heavy (non-hydrogen) atoms. The zero-order valence-electron chi connectivity index (χ0n) is 7.80. The number of hydrogen-bond acceptors (Lipinski definition) is 3. The zero-order chi connectivity index (χ0) is 9.80. The van der Waals surface area contributed by atoms with Crippen LogP contribution in [0.1, 0.15) is 5.69 Å². The molecule has 2 heterocycles. The third kappa shape index (κ3) is 1.65. The van der Waals surface area contributed by atoms with Crippen molar-refractivity contribution in [3.05, 3.63) is 42.7 Å². The number of nitrogens with zero attached hydrogens (tertiary/aromatic N) is 3. The molecule has 0 atom stereocenters. The Bertz CT molecular complexity index is 394. The highest BCUT2D eigenvalue weighted by atomic mass is 15.1. The highest BCUT2D eigenvalue weighted by Crippen LogP contribution is 2.09. The fourth-order valence-electron chi connectivity index (χ4n) is 1.39. The number of pyridine rings is 1. The van der Waals surface area contributed by atoms with E-state index in [2.05, 4.69) is 9.97 Å². The van der Waals surface area contributed by atoms with Crippen molar-refractivity contribution in [1.29, 1.82) is 0 Å². The molecule has 2 rings (SSSR count). The van der Waals surface area contributed by atoms with Crippen molar-refractivity contribution in [3.8, 4) is 5.69 Å². The first kappa shape index (κ1) is 8.90. The summed E-state index contributed by atoms with van der Waals surface area (Å²) in [5.74, 6) is 0. The number of aromatic nitrogens is 3. The van der Waals surface area contributed by atoms with E-state index < -0.39 is 0 Å². The highest BCUT2D eigenvalue weighted by molar-refractivity contribution is 5.31. The Kier molecular flexibility index (Phi) is 2.55. The van der Waals surface area contributed by atoms with Crippen molar-refractivity contribution in [3.63, 3.8) is 0 Å². The van der Waals surface area contributed by atoms with Crippen molar-refractivity contribution >= 4 is 0 Å². The average Bonchev–Trinajstić information content (AvgIpc) is 2.68. The van der Waals surface area contributed by atoms with Gasteiger partial charge in [-0.05, 0) is 18.7 Å². The van der Waals surface area contributed by atoms with E-state index >= 15 is 0 Å². The normalized spacial score (nSPS) is 10.4. The van der Waals surface area contributed by atoms with Crippen LogP contribution >= 0.6 is 0 Å². The van der Waals surface area contributed by atoms with Gasteiger partial charge >= 0.3 is 0 Å². The molecule has 0 spiro atoms. The smallest absolute Gasteiger partial charge is 0.0994 e. The van der Waals surface area contributed by atoms with Crippen molar-refractivity contribution in [1.82, 2.24) is 14.5 Å². The van der Waals surface area contributed by atoms with Crippen LogP contribution in [0.5, 0.6) is 0 Å². The topological polar surface area (TPSA) is 56.7 Å². The van der Waals surface area contributed by atoms with E-state index in [1.807, 2.05) is 22.9 Å². The molecule has 0 saturated heterocycles. The van der Waals surface area contributed by atoms with E-state index in [4.69, 9.17) is 5.73 Å². The first-order chi connectivity index (χ1) is 6.92. The molecule has 2 N–H and O–H groups in total. The molecule has 0 radical (unpaired) electrons. The summed E-state index contributed by atoms with van der Waals surface area (Å²) in [6, 6.07) is 3.89. The maximum atomic E-state index is 5.51. The lowest BCUT2D eigenvalue weighted by atomic mass is 10.3. The Hall–Kier alpha value is -1.68. The Labute approximate surface area is 82.4 Å². The molecule has 0 unspecified atom stereocenters. The lowest BCUT2D eigenvalue weighted by Gasteiger charge is -2.05. The predicted molar refractivity (Wildman–Crippen MR) is 54.1 cm³/mol. The maximum Gasteiger partial charge on any atom is 0.0994 e. The van der Waals surface area contributed by atoms with Crippen LogP contribution in [0, 0.1) is 0 Å². The summed E-state index contributed by atoms with van der Waals surface area (Å²) >= 11 is 0. The molecule has 0 fully saturated rings. The van der Waals surface area contributed by atoms with Crippen LogP contribution < -0.4 is 5.73 Å². The van der Waals surface area contributed by atoms with Gasteiger partial charge in [0.25, 0.3) is 0 Å². The number of hydrogen-bond donors (Lipinski definition) is 1. The van der Waals surface area contributed by atoms with E-state index in [1.165, 1.54) is 0 Å². The van der Waals surface area contributed by atoms with Gasteiger partial charge in [-0.1, -0.05) is 0 Å². The monoisotopic (exact) mass is 188 g/mol. The van der Waals surface area contributed by atoms with E-state index in [-0.39, 0.29) is 0 Å². The Morgan fingerprint density at radius 1 is 1.21 bits per heavy atom. The average molecular weight is 188 g/mol. The third-order valence-corrected chi connectivity index (χ3v) is 2.06. The molecule has 0 aromatic carbocycles. The summed E-state index contributed by atoms with van der Waals surface area (Å²) in [5.41, 5.74) is 7.71. The van der Waals surface area contributed by atoms with Gasteiger partial charge in [0.1, 0.15) is 0 Å². The molecule has 2 aromatic heterocycles. The van der Waals surface area contributed by atoms with Crippen LogP contribution in [0.15, 0.2) is 37.1 Å². The van der Waals surface area contributed by atoms with Gasteiger partial charge in [-0.15, -0.1) is 0 Å². The molecule has 4 nitrogen and oxygen atoms in total. The Morgan fingerprint density at radius 2 is 2.00 bits per heavy atom. The molecule has 72 valence electrons. The van der Waals surface area contributed by atoms with Gasteiger partial charge in [-0.2, -0.15) is 0 Å². The zero-order valence-corrected chi connectivity index (χ0v) is 7.80. The van der Waals surface area contributed by atoms with Gasteiger partial charge < -0.3 is 10.3 Å². The Balaban J connectivity index is 2.37. The summed E-state index contributed by atoms with van der Waals surface area (Å²) < 4.78 is 2.02. The first-order valence-electron chi connectivity index (χ1n) is 4.53. The molecule has 0 bridgehead atoms. The van der Waals surface area contributed by atoms with Crippen LogP contribution in [-0.4, -0.2) is 21.1 Å². The molecule has 2 aromatic rings. The van der Waals surface area contributed by atoms with Gasteiger partial charge in [-0.3, -0.25) is 4.98 Å². The van der Waals surface area contributed by atoms with Gasteiger partial charge in [0.2, 0.25) is 0 Å². The van der Waals surface area contributed by atoms with E-state index in [1.54, 1.807) is 18.7 Å². The maximum absolute atomic E-state index is 5.51. The minimum absolute atomic E-state index is 0.636. The molecule has 0 aliphatic carbocycles. The highest BCUT2D eigenvalue weighted by Gasteiger charge is 2.02. The summed E-state index contributed by atoms with van der Waals surface area (Å²) in [6.07, 6.45) is 8.00. The van der Waals surface area contributed by atoms with Gasteiger partial charge in [0.05, 0.1) is 6.33 Å². The molecule has 4 heteroatoms. The second-order valence-corrected chi connectivity index (χ2v) is 3.00. The van der Waals surface area contributed by atoms with E-state index in [0.29, 0.717) is 6.54 Å². The third-order valence-electron chi connectivity index (χ3n) is 2.06. The minimum atomic E-state index is 0.636. The molecule has 0 amide bonds. The molecule has 0 aliphatic rings. The lowest BCUT2D eigenvalue weighted by molar-refractivity contribution is 0.872. The second kappa shape index (κ2) is 4.02. The van der Waals surface area contributed by atoms with Crippen molar-refractivity contribution in [2.75, 3.05) is 6.54 Å². The van der Waals surface area contributed by atoms with E-state index in [0.717, 1.165) is 17.8 Å². The number of nitrogens with two attached hydrogens (primary N) is 1. The summed E-state index contributed by atoms with van der Waals surface area (Å²) in [7, 11) is 0. The van der Waals surface area contributed by atoms with E-state index in [9.17, 15) is 0 Å². The number of imidazole rings is 1. The molecular weight excluding hydrogens is 176 g/mol. The summed E-state index contributed by atoms with van der Waals surface area (Å²) in [4.78, 5) is 8.08. The van der Waals surface area contributed by atoms with Crippen molar-refractivity contribution in [2.45, 2.75) is 6.42 Å².